The molecule has 292 valence electrons. The Morgan fingerprint density at radius 3 is 1.00 bits per heavy atom. The second-order valence-electron chi connectivity index (χ2n) is 21.6. The number of hydrogen-bond acceptors (Lipinski definition) is 4. The van der Waals surface area contributed by atoms with Crippen molar-refractivity contribution in [1.29, 1.82) is 0 Å². The van der Waals surface area contributed by atoms with Crippen LogP contribution in [-0.4, -0.2) is 25.2 Å². The first-order valence-electron chi connectivity index (χ1n) is 20.5. The van der Waals surface area contributed by atoms with Crippen molar-refractivity contribution in [1.82, 2.24) is 0 Å². The lowest BCUT2D eigenvalue weighted by Crippen LogP contribution is -2.30. The van der Waals surface area contributed by atoms with Gasteiger partial charge in [-0.25, -0.2) is 0 Å². The van der Waals surface area contributed by atoms with Crippen LogP contribution in [0.4, 0.5) is 0 Å². The highest BCUT2D eigenvalue weighted by atomic mass is 16.5. The summed E-state index contributed by atoms with van der Waals surface area (Å²) in [5, 5.41) is 0. The number of rotatable bonds is 22. The van der Waals surface area contributed by atoms with Crippen molar-refractivity contribution in [3.05, 3.63) is 0 Å². The van der Waals surface area contributed by atoms with E-state index < -0.39 is 0 Å². The molecular weight excluding hydrogens is 604 g/mol. The fraction of sp³-hybridized carbons (Fsp3) is 0.956. The van der Waals surface area contributed by atoms with E-state index in [2.05, 4.69) is 111 Å². The molecule has 0 aromatic rings. The molecule has 0 saturated heterocycles. The monoisotopic (exact) mass is 693 g/mol. The smallest absolute Gasteiger partial charge is 0.308 e. The molecule has 0 aliphatic carbocycles. The van der Waals surface area contributed by atoms with Crippen LogP contribution < -0.4 is 0 Å². The third-order valence-corrected chi connectivity index (χ3v) is 10.6. The highest BCUT2D eigenvalue weighted by molar-refractivity contribution is 5.76. The zero-order valence-electron chi connectivity index (χ0n) is 36.4. The molecule has 49 heavy (non-hydrogen) atoms. The summed E-state index contributed by atoms with van der Waals surface area (Å²) in [4.78, 5) is 27.1. The molecule has 0 saturated carbocycles. The summed E-state index contributed by atoms with van der Waals surface area (Å²) >= 11 is 0. The average molecular weight is 693 g/mol. The Morgan fingerprint density at radius 1 is 0.469 bits per heavy atom. The number of esters is 2. The van der Waals surface area contributed by atoms with Crippen LogP contribution in [0.3, 0.4) is 0 Å². The van der Waals surface area contributed by atoms with Gasteiger partial charge in [0.05, 0.1) is 25.0 Å². The second-order valence-corrected chi connectivity index (χ2v) is 21.6. The Bertz CT molecular complexity index is 834. The van der Waals surface area contributed by atoms with Crippen LogP contribution in [0.15, 0.2) is 0 Å². The molecular formula is C45H88O4. The molecule has 0 N–H and O–H groups in total. The van der Waals surface area contributed by atoms with Crippen LogP contribution in [0, 0.1) is 69.0 Å². The lowest BCUT2D eigenvalue weighted by molar-refractivity contribution is -0.155. The molecule has 8 unspecified atom stereocenters. The largest absolute Gasteiger partial charge is 0.465 e. The van der Waals surface area contributed by atoms with Crippen LogP contribution in [0.2, 0.25) is 0 Å². The summed E-state index contributed by atoms with van der Waals surface area (Å²) in [5.41, 5.74) is 1.10. The first kappa shape index (κ1) is 47.9. The van der Waals surface area contributed by atoms with Gasteiger partial charge in [-0.2, -0.15) is 0 Å². The Hall–Kier alpha value is -1.06. The SMILES string of the molecule is CCC(CC(CC)C(=O)OCC(CCC(C)CC(C)(C)C)C(C)CC(C)(C)C)C(=O)OCC(CCC(C)CC(C)(C)C)C(C)CC(C)(C)C. The molecule has 0 fully saturated rings. The van der Waals surface area contributed by atoms with E-state index in [4.69, 9.17) is 9.47 Å². The van der Waals surface area contributed by atoms with Gasteiger partial charge in [-0.15, -0.1) is 0 Å². The normalized spacial score (nSPS) is 18.2. The molecule has 4 nitrogen and oxygen atoms in total. The summed E-state index contributed by atoms with van der Waals surface area (Å²) in [5.74, 6) is 2.04. The third-order valence-electron chi connectivity index (χ3n) is 10.6. The molecule has 0 amide bonds. The molecule has 0 aliphatic heterocycles. The van der Waals surface area contributed by atoms with Crippen molar-refractivity contribution in [2.45, 2.75) is 195 Å². The minimum atomic E-state index is -0.287. The fourth-order valence-electron chi connectivity index (χ4n) is 8.44. The van der Waals surface area contributed by atoms with Gasteiger partial charge in [-0.3, -0.25) is 9.59 Å². The Labute approximate surface area is 307 Å². The van der Waals surface area contributed by atoms with Gasteiger partial charge in [0, 0.05) is 0 Å². The molecule has 0 aliphatic rings. The average Bonchev–Trinajstić information content (AvgIpc) is 2.89. The number of hydrogen-bond donors (Lipinski definition) is 0. The van der Waals surface area contributed by atoms with Gasteiger partial charge in [0.1, 0.15) is 0 Å². The van der Waals surface area contributed by atoms with Crippen molar-refractivity contribution in [3.8, 4) is 0 Å². The topological polar surface area (TPSA) is 52.6 Å². The van der Waals surface area contributed by atoms with Gasteiger partial charge < -0.3 is 9.47 Å². The van der Waals surface area contributed by atoms with Crippen molar-refractivity contribution in [3.63, 3.8) is 0 Å². The molecule has 0 bridgehead atoms. The highest BCUT2D eigenvalue weighted by Gasteiger charge is 2.31. The van der Waals surface area contributed by atoms with Crippen LogP contribution >= 0.6 is 0 Å². The van der Waals surface area contributed by atoms with E-state index in [1.165, 1.54) is 12.8 Å². The summed E-state index contributed by atoms with van der Waals surface area (Å²) < 4.78 is 12.2. The zero-order valence-corrected chi connectivity index (χ0v) is 36.4. The lowest BCUT2D eigenvalue weighted by Gasteiger charge is -2.32. The van der Waals surface area contributed by atoms with Crippen molar-refractivity contribution in [2.24, 2.45) is 69.0 Å². The predicted molar refractivity (Wildman–Crippen MR) is 212 cm³/mol. The standard InChI is InChI=1S/C45H88O4/c1-19-36(40(46)48-30-38(34(5)28-44(13,14)15)23-21-32(3)26-42(7,8)9)25-37(20-2)41(47)49-31-39(35(6)29-45(16,17)18)24-22-33(4)27-43(10,11)12/h32-39H,19-31H2,1-18H3. The Balaban J connectivity index is 5.51. The molecule has 0 heterocycles. The van der Waals surface area contributed by atoms with E-state index in [0.29, 0.717) is 78.8 Å². The van der Waals surface area contributed by atoms with E-state index >= 15 is 0 Å². The summed E-state index contributed by atoms with van der Waals surface area (Å²) in [7, 11) is 0. The van der Waals surface area contributed by atoms with Crippen LogP contribution in [-0.2, 0) is 19.1 Å². The number of ether oxygens (including phenoxy) is 2. The minimum Gasteiger partial charge on any atom is -0.465 e. The van der Waals surface area contributed by atoms with Gasteiger partial charge in [-0.1, -0.05) is 137 Å². The van der Waals surface area contributed by atoms with E-state index in [1.54, 1.807) is 0 Å². The minimum absolute atomic E-state index is 0.144. The predicted octanol–water partition coefficient (Wildman–Crippen LogP) is 13.6. The quantitative estimate of drug-likeness (QED) is 0.106. The van der Waals surface area contributed by atoms with Crippen molar-refractivity contribution >= 4 is 11.9 Å². The maximum absolute atomic E-state index is 13.5. The summed E-state index contributed by atoms with van der Waals surface area (Å²) in [6.07, 6.45) is 10.9. The van der Waals surface area contributed by atoms with Gasteiger partial charge in [0.2, 0.25) is 0 Å². The van der Waals surface area contributed by atoms with Crippen molar-refractivity contribution in [2.75, 3.05) is 13.2 Å². The number of carbonyl (C=O) groups excluding carboxylic acids is 2. The first-order chi connectivity index (χ1) is 22.2. The van der Waals surface area contributed by atoms with E-state index in [9.17, 15) is 9.59 Å². The van der Waals surface area contributed by atoms with Crippen molar-refractivity contribution < 1.29 is 19.1 Å². The van der Waals surface area contributed by atoms with E-state index in [0.717, 1.165) is 38.5 Å². The number of carbonyl (C=O) groups is 2. The van der Waals surface area contributed by atoms with Gasteiger partial charge in [0.15, 0.2) is 0 Å². The van der Waals surface area contributed by atoms with Gasteiger partial charge in [-0.05, 0) is 115 Å². The molecule has 8 atom stereocenters. The fourth-order valence-corrected chi connectivity index (χ4v) is 8.44. The molecule has 0 spiro atoms. The second kappa shape index (κ2) is 21.5. The molecule has 0 radical (unpaired) electrons. The third kappa shape index (κ3) is 23.9. The molecule has 0 rings (SSSR count). The Morgan fingerprint density at radius 2 is 0.755 bits per heavy atom. The molecule has 4 heteroatoms. The zero-order chi connectivity index (χ0) is 38.4. The first-order valence-corrected chi connectivity index (χ1v) is 20.5. The van der Waals surface area contributed by atoms with E-state index in [1.807, 2.05) is 13.8 Å². The molecule has 0 aromatic carbocycles. The lowest BCUT2D eigenvalue weighted by atomic mass is 9.76. The van der Waals surface area contributed by atoms with Crippen LogP contribution in [0.1, 0.15) is 195 Å². The van der Waals surface area contributed by atoms with Gasteiger partial charge >= 0.3 is 11.9 Å². The highest BCUT2D eigenvalue weighted by Crippen LogP contribution is 2.36. The maximum atomic E-state index is 13.5. The van der Waals surface area contributed by atoms with Crippen LogP contribution in [0.25, 0.3) is 0 Å². The van der Waals surface area contributed by atoms with Crippen LogP contribution in [0.5, 0.6) is 0 Å². The molecule has 0 aromatic heterocycles. The maximum Gasteiger partial charge on any atom is 0.308 e. The summed E-state index contributed by atoms with van der Waals surface area (Å²) in [6, 6.07) is 0. The summed E-state index contributed by atoms with van der Waals surface area (Å²) in [6.45, 7) is 42.1. The van der Waals surface area contributed by atoms with Gasteiger partial charge in [0.25, 0.3) is 0 Å². The Kier molecular flexibility index (Phi) is 21.0. The van der Waals surface area contributed by atoms with E-state index in [-0.39, 0.29) is 34.6 Å².